The SMILES string of the molecule is C=CC(=O)Nc1cccc(-c2ncnc3c2CCN3C(=O)OC(C)(C)C)c1. The van der Waals surface area contributed by atoms with Gasteiger partial charge in [-0.3, -0.25) is 9.69 Å². The first-order valence-electron chi connectivity index (χ1n) is 8.67. The zero-order valence-corrected chi connectivity index (χ0v) is 15.7. The Morgan fingerprint density at radius 1 is 1.30 bits per heavy atom. The molecule has 0 bridgehead atoms. The molecule has 0 atom stereocenters. The van der Waals surface area contributed by atoms with Crippen LogP contribution in [0.2, 0.25) is 0 Å². The van der Waals surface area contributed by atoms with E-state index in [-0.39, 0.29) is 5.91 Å². The van der Waals surface area contributed by atoms with Crippen LogP contribution < -0.4 is 10.2 Å². The van der Waals surface area contributed by atoms with Crippen molar-refractivity contribution < 1.29 is 14.3 Å². The second-order valence-corrected chi connectivity index (χ2v) is 7.18. The molecule has 3 rings (SSSR count). The second-order valence-electron chi connectivity index (χ2n) is 7.18. The zero-order valence-electron chi connectivity index (χ0n) is 15.7. The van der Waals surface area contributed by atoms with E-state index in [9.17, 15) is 9.59 Å². The van der Waals surface area contributed by atoms with E-state index >= 15 is 0 Å². The fourth-order valence-electron chi connectivity index (χ4n) is 2.88. The smallest absolute Gasteiger partial charge is 0.416 e. The van der Waals surface area contributed by atoms with Crippen LogP contribution >= 0.6 is 0 Å². The number of nitrogens with one attached hydrogen (secondary N) is 1. The third-order valence-electron chi connectivity index (χ3n) is 3.97. The summed E-state index contributed by atoms with van der Waals surface area (Å²) in [6.07, 6.45) is 2.87. The van der Waals surface area contributed by atoms with E-state index in [1.165, 1.54) is 17.3 Å². The Hall–Kier alpha value is -3.22. The number of amides is 2. The van der Waals surface area contributed by atoms with Gasteiger partial charge in [-0.2, -0.15) is 0 Å². The van der Waals surface area contributed by atoms with Gasteiger partial charge in [0.15, 0.2) is 0 Å². The van der Waals surface area contributed by atoms with Gasteiger partial charge in [0.2, 0.25) is 5.91 Å². The van der Waals surface area contributed by atoms with Crippen molar-refractivity contribution in [3.63, 3.8) is 0 Å². The molecular formula is C20H22N4O3. The number of hydrogen-bond acceptors (Lipinski definition) is 5. The number of rotatable bonds is 3. The third kappa shape index (κ3) is 4.13. The van der Waals surface area contributed by atoms with Gasteiger partial charge in [-0.25, -0.2) is 14.8 Å². The molecule has 1 aliphatic rings. The lowest BCUT2D eigenvalue weighted by Gasteiger charge is -2.24. The molecule has 0 saturated heterocycles. The van der Waals surface area contributed by atoms with Gasteiger partial charge in [-0.05, 0) is 45.4 Å². The molecule has 140 valence electrons. The molecule has 7 nitrogen and oxygen atoms in total. The quantitative estimate of drug-likeness (QED) is 0.840. The molecule has 27 heavy (non-hydrogen) atoms. The van der Waals surface area contributed by atoms with Crippen LogP contribution in [0.4, 0.5) is 16.3 Å². The number of benzene rings is 1. The zero-order chi connectivity index (χ0) is 19.6. The Labute approximate surface area is 158 Å². The van der Waals surface area contributed by atoms with E-state index < -0.39 is 11.7 Å². The van der Waals surface area contributed by atoms with E-state index in [0.29, 0.717) is 24.5 Å². The van der Waals surface area contributed by atoms with Crippen molar-refractivity contribution in [3.05, 3.63) is 48.8 Å². The Balaban J connectivity index is 1.92. The Kier molecular flexibility index (Phi) is 4.94. The standard InChI is InChI=1S/C20H22N4O3/c1-5-16(25)23-14-8-6-7-13(11-14)17-15-9-10-24(18(15)22-12-21-17)19(26)27-20(2,3)4/h5-8,11-12H,1,9-10H2,2-4H3,(H,23,25). The average molecular weight is 366 g/mol. The summed E-state index contributed by atoms with van der Waals surface area (Å²) in [5, 5.41) is 2.74. The highest BCUT2D eigenvalue weighted by atomic mass is 16.6. The Bertz CT molecular complexity index is 902. The van der Waals surface area contributed by atoms with Crippen LogP contribution in [0.1, 0.15) is 26.3 Å². The number of aromatic nitrogens is 2. The number of nitrogens with zero attached hydrogens (tertiary/aromatic N) is 3. The number of ether oxygens (including phenoxy) is 1. The summed E-state index contributed by atoms with van der Waals surface area (Å²) in [5.74, 6) is 0.283. The van der Waals surface area contributed by atoms with Gasteiger partial charge in [0.25, 0.3) is 0 Å². The molecule has 0 aliphatic carbocycles. The summed E-state index contributed by atoms with van der Waals surface area (Å²) in [7, 11) is 0. The van der Waals surface area contributed by atoms with Gasteiger partial charge >= 0.3 is 6.09 Å². The summed E-state index contributed by atoms with van der Waals surface area (Å²) in [4.78, 5) is 34.2. The Morgan fingerprint density at radius 2 is 2.07 bits per heavy atom. The maximum absolute atomic E-state index is 12.5. The highest BCUT2D eigenvalue weighted by Crippen LogP contribution is 2.34. The molecular weight excluding hydrogens is 344 g/mol. The summed E-state index contributed by atoms with van der Waals surface area (Å²) >= 11 is 0. The van der Waals surface area contributed by atoms with Crippen molar-refractivity contribution in [1.82, 2.24) is 9.97 Å². The van der Waals surface area contributed by atoms with Crippen LogP contribution in [-0.2, 0) is 16.0 Å². The minimum absolute atomic E-state index is 0.281. The van der Waals surface area contributed by atoms with E-state index in [0.717, 1.165) is 16.8 Å². The molecule has 7 heteroatoms. The number of carbonyl (C=O) groups is 2. The highest BCUT2D eigenvalue weighted by Gasteiger charge is 2.32. The molecule has 1 aromatic heterocycles. The number of anilines is 2. The molecule has 0 saturated carbocycles. The molecule has 2 amide bonds. The fourth-order valence-corrected chi connectivity index (χ4v) is 2.88. The largest absolute Gasteiger partial charge is 0.443 e. The third-order valence-corrected chi connectivity index (χ3v) is 3.97. The molecule has 2 heterocycles. The molecule has 1 aromatic carbocycles. The van der Waals surface area contributed by atoms with Crippen molar-refractivity contribution in [2.75, 3.05) is 16.8 Å². The topological polar surface area (TPSA) is 84.4 Å². The van der Waals surface area contributed by atoms with Gasteiger partial charge in [-0.15, -0.1) is 0 Å². The van der Waals surface area contributed by atoms with Gasteiger partial charge in [0, 0.05) is 23.4 Å². The summed E-state index contributed by atoms with van der Waals surface area (Å²) in [5.41, 5.74) is 2.53. The monoisotopic (exact) mass is 366 g/mol. The number of carbonyl (C=O) groups excluding carboxylic acids is 2. The fraction of sp³-hybridized carbons (Fsp3) is 0.300. The highest BCUT2D eigenvalue weighted by molar-refractivity contribution is 5.99. The molecule has 1 aliphatic heterocycles. The molecule has 1 N–H and O–H groups in total. The van der Waals surface area contributed by atoms with Crippen LogP contribution in [-0.4, -0.2) is 34.1 Å². The van der Waals surface area contributed by atoms with Gasteiger partial charge in [0.1, 0.15) is 17.7 Å². The normalized spacial score (nSPS) is 13.1. The van der Waals surface area contributed by atoms with Crippen LogP contribution in [0.25, 0.3) is 11.3 Å². The predicted molar refractivity (Wildman–Crippen MR) is 104 cm³/mol. The van der Waals surface area contributed by atoms with Gasteiger partial charge < -0.3 is 10.1 Å². The molecule has 0 fully saturated rings. The number of fused-ring (bicyclic) bond motifs is 1. The van der Waals surface area contributed by atoms with Crippen molar-refractivity contribution >= 4 is 23.5 Å². The number of hydrogen-bond donors (Lipinski definition) is 1. The van der Waals surface area contributed by atoms with Crippen molar-refractivity contribution in [2.45, 2.75) is 32.8 Å². The first-order chi connectivity index (χ1) is 12.8. The maximum atomic E-state index is 12.5. The van der Waals surface area contributed by atoms with E-state index in [2.05, 4.69) is 21.9 Å². The lowest BCUT2D eigenvalue weighted by atomic mass is 10.0. The first-order valence-corrected chi connectivity index (χ1v) is 8.67. The van der Waals surface area contributed by atoms with Crippen LogP contribution in [0.15, 0.2) is 43.2 Å². The molecule has 0 spiro atoms. The summed E-state index contributed by atoms with van der Waals surface area (Å²) in [6, 6.07) is 7.37. The lowest BCUT2D eigenvalue weighted by Crippen LogP contribution is -2.36. The van der Waals surface area contributed by atoms with E-state index in [1.54, 1.807) is 6.07 Å². The minimum Gasteiger partial charge on any atom is -0.443 e. The average Bonchev–Trinajstić information content (AvgIpc) is 3.04. The maximum Gasteiger partial charge on any atom is 0.416 e. The summed E-state index contributed by atoms with van der Waals surface area (Å²) in [6.45, 7) is 9.43. The predicted octanol–water partition coefficient (Wildman–Crippen LogP) is 3.57. The summed E-state index contributed by atoms with van der Waals surface area (Å²) < 4.78 is 5.47. The Morgan fingerprint density at radius 3 is 2.78 bits per heavy atom. The first kappa shape index (κ1) is 18.6. The van der Waals surface area contributed by atoms with Gasteiger partial charge in [0.05, 0.1) is 5.69 Å². The molecule has 0 unspecified atom stereocenters. The van der Waals surface area contributed by atoms with E-state index in [1.807, 2.05) is 39.0 Å². The van der Waals surface area contributed by atoms with Crippen molar-refractivity contribution in [3.8, 4) is 11.3 Å². The van der Waals surface area contributed by atoms with Crippen LogP contribution in [0, 0.1) is 0 Å². The van der Waals surface area contributed by atoms with Crippen LogP contribution in [0.5, 0.6) is 0 Å². The molecule has 2 aromatic rings. The van der Waals surface area contributed by atoms with E-state index in [4.69, 9.17) is 4.74 Å². The van der Waals surface area contributed by atoms with Gasteiger partial charge in [-0.1, -0.05) is 18.7 Å². The lowest BCUT2D eigenvalue weighted by molar-refractivity contribution is -0.111. The van der Waals surface area contributed by atoms with Crippen LogP contribution in [0.3, 0.4) is 0 Å². The second kappa shape index (κ2) is 7.19. The van der Waals surface area contributed by atoms with Crippen molar-refractivity contribution in [1.29, 1.82) is 0 Å². The van der Waals surface area contributed by atoms with Crippen molar-refractivity contribution in [2.24, 2.45) is 0 Å². The molecule has 0 radical (unpaired) electrons. The minimum atomic E-state index is -0.576.